The number of nitrogens with zero attached hydrogens (tertiary/aromatic N) is 2. The van der Waals surface area contributed by atoms with Crippen molar-refractivity contribution >= 4 is 29.9 Å². The van der Waals surface area contributed by atoms with Crippen molar-refractivity contribution in [3.05, 3.63) is 0 Å². The van der Waals surface area contributed by atoms with Crippen molar-refractivity contribution < 1.29 is 0 Å². The maximum atomic E-state index is 4.26. The van der Waals surface area contributed by atoms with Gasteiger partial charge in [0.1, 0.15) is 0 Å². The van der Waals surface area contributed by atoms with Crippen LogP contribution in [0.25, 0.3) is 0 Å². The minimum absolute atomic E-state index is 0. The monoisotopic (exact) mass is 380 g/mol. The van der Waals surface area contributed by atoms with E-state index >= 15 is 0 Å². The first-order valence-corrected chi connectivity index (χ1v) is 7.55. The Hall–Kier alpha value is -0.0400. The summed E-state index contributed by atoms with van der Waals surface area (Å²) in [4.78, 5) is 6.81. The minimum atomic E-state index is 0. The first kappa shape index (κ1) is 17.0. The molecular weight excluding hydrogens is 351 g/mol. The number of hydrogen-bond donors (Lipinski definition) is 2. The molecule has 0 aromatic heterocycles. The van der Waals surface area contributed by atoms with E-state index in [0.717, 1.165) is 31.5 Å². The highest BCUT2D eigenvalue weighted by atomic mass is 127. The van der Waals surface area contributed by atoms with Gasteiger partial charge in [-0.15, -0.1) is 24.0 Å². The van der Waals surface area contributed by atoms with Crippen LogP contribution in [0.3, 0.4) is 0 Å². The minimum Gasteiger partial charge on any atom is -0.356 e. The van der Waals surface area contributed by atoms with E-state index in [2.05, 4.69) is 20.5 Å². The molecule has 2 aliphatic rings. The summed E-state index contributed by atoms with van der Waals surface area (Å²) in [5.41, 5.74) is 0. The molecule has 0 unspecified atom stereocenters. The van der Waals surface area contributed by atoms with Crippen LogP contribution in [0.1, 0.15) is 38.5 Å². The van der Waals surface area contributed by atoms with Crippen LogP contribution < -0.4 is 10.6 Å². The number of halogens is 1. The number of nitrogens with one attached hydrogen (secondary N) is 2. The highest BCUT2D eigenvalue weighted by molar-refractivity contribution is 14.0. The van der Waals surface area contributed by atoms with Crippen LogP contribution in [0.15, 0.2) is 4.99 Å². The van der Waals surface area contributed by atoms with Crippen LogP contribution in [0, 0.1) is 5.92 Å². The maximum absolute atomic E-state index is 4.26. The molecule has 1 saturated heterocycles. The predicted octanol–water partition coefficient (Wildman–Crippen LogP) is 2.06. The molecule has 2 N–H and O–H groups in total. The number of hydrogen-bond acceptors (Lipinski definition) is 2. The van der Waals surface area contributed by atoms with Crippen LogP contribution in [0.2, 0.25) is 0 Å². The van der Waals surface area contributed by atoms with Gasteiger partial charge in [0, 0.05) is 26.7 Å². The quantitative estimate of drug-likeness (QED) is 0.421. The Labute approximate surface area is 134 Å². The first-order valence-electron chi connectivity index (χ1n) is 7.55. The predicted molar refractivity (Wildman–Crippen MR) is 92.4 cm³/mol. The van der Waals surface area contributed by atoms with E-state index < -0.39 is 0 Å². The Bertz CT molecular complexity index is 260. The van der Waals surface area contributed by atoms with E-state index in [0.29, 0.717) is 0 Å². The Morgan fingerprint density at radius 3 is 2.42 bits per heavy atom. The van der Waals surface area contributed by atoms with Crippen molar-refractivity contribution in [2.45, 2.75) is 38.5 Å². The van der Waals surface area contributed by atoms with Crippen LogP contribution in [0.4, 0.5) is 0 Å². The lowest BCUT2D eigenvalue weighted by Gasteiger charge is -2.26. The van der Waals surface area contributed by atoms with Crippen molar-refractivity contribution in [2.24, 2.45) is 10.9 Å². The molecule has 1 saturated carbocycles. The Balaban J connectivity index is 0.00000180. The van der Waals surface area contributed by atoms with Crippen molar-refractivity contribution in [3.63, 3.8) is 0 Å². The summed E-state index contributed by atoms with van der Waals surface area (Å²) in [6.45, 7) is 5.76. The van der Waals surface area contributed by atoms with E-state index in [9.17, 15) is 0 Å². The van der Waals surface area contributed by atoms with Gasteiger partial charge < -0.3 is 15.5 Å². The Morgan fingerprint density at radius 2 is 1.79 bits per heavy atom. The second kappa shape index (κ2) is 9.80. The number of rotatable bonds is 6. The van der Waals surface area contributed by atoms with Crippen molar-refractivity contribution in [1.82, 2.24) is 15.5 Å². The normalized spacial score (nSPS) is 20.8. The van der Waals surface area contributed by atoms with Gasteiger partial charge in [-0.05, 0) is 38.3 Å². The molecule has 0 bridgehead atoms. The summed E-state index contributed by atoms with van der Waals surface area (Å²) in [6, 6.07) is 0. The summed E-state index contributed by atoms with van der Waals surface area (Å²) >= 11 is 0. The molecule has 0 spiro atoms. The van der Waals surface area contributed by atoms with Crippen molar-refractivity contribution in [3.8, 4) is 0 Å². The van der Waals surface area contributed by atoms with Gasteiger partial charge in [0.25, 0.3) is 0 Å². The number of aliphatic imine (C=N–C) groups is 1. The van der Waals surface area contributed by atoms with Gasteiger partial charge in [-0.25, -0.2) is 0 Å². The molecule has 112 valence electrons. The van der Waals surface area contributed by atoms with Gasteiger partial charge in [0.05, 0.1) is 0 Å². The van der Waals surface area contributed by atoms with Crippen LogP contribution in [-0.2, 0) is 0 Å². The Morgan fingerprint density at radius 1 is 1.11 bits per heavy atom. The smallest absolute Gasteiger partial charge is 0.191 e. The van der Waals surface area contributed by atoms with Crippen LogP contribution >= 0.6 is 24.0 Å². The molecular formula is C14H29IN4. The van der Waals surface area contributed by atoms with Gasteiger partial charge in [-0.3, -0.25) is 4.99 Å². The molecule has 0 amide bonds. The van der Waals surface area contributed by atoms with Gasteiger partial charge in [0.2, 0.25) is 0 Å². The molecule has 2 rings (SSSR count). The van der Waals surface area contributed by atoms with Crippen molar-refractivity contribution in [2.75, 3.05) is 39.8 Å². The van der Waals surface area contributed by atoms with Gasteiger partial charge in [-0.1, -0.05) is 19.3 Å². The second-order valence-corrected chi connectivity index (χ2v) is 5.56. The van der Waals surface area contributed by atoms with E-state index in [1.165, 1.54) is 51.6 Å². The molecule has 0 radical (unpaired) electrons. The van der Waals surface area contributed by atoms with E-state index in [4.69, 9.17) is 0 Å². The molecule has 4 nitrogen and oxygen atoms in total. The average molecular weight is 380 g/mol. The maximum Gasteiger partial charge on any atom is 0.191 e. The fraction of sp³-hybridized carbons (Fsp3) is 0.929. The summed E-state index contributed by atoms with van der Waals surface area (Å²) in [5.74, 6) is 1.96. The molecule has 0 aromatic rings. The van der Waals surface area contributed by atoms with Gasteiger partial charge in [0.15, 0.2) is 5.96 Å². The SMILES string of the molecule is CN=C(NCCC1CC1)NCCN1CCCCC1.I. The number of guanidine groups is 1. The summed E-state index contributed by atoms with van der Waals surface area (Å²) in [6.07, 6.45) is 8.31. The Kier molecular flexibility index (Phi) is 8.77. The molecule has 19 heavy (non-hydrogen) atoms. The number of likely N-dealkylation sites (tertiary alicyclic amines) is 1. The zero-order chi connectivity index (χ0) is 12.6. The lowest BCUT2D eigenvalue weighted by molar-refractivity contribution is 0.232. The van der Waals surface area contributed by atoms with E-state index in [-0.39, 0.29) is 24.0 Å². The lowest BCUT2D eigenvalue weighted by Crippen LogP contribution is -2.42. The molecule has 5 heteroatoms. The molecule has 2 fully saturated rings. The lowest BCUT2D eigenvalue weighted by atomic mass is 10.1. The van der Waals surface area contributed by atoms with E-state index in [1.807, 2.05) is 7.05 Å². The largest absolute Gasteiger partial charge is 0.356 e. The van der Waals surface area contributed by atoms with E-state index in [1.54, 1.807) is 0 Å². The molecule has 0 atom stereocenters. The number of piperidine rings is 1. The van der Waals surface area contributed by atoms with Crippen molar-refractivity contribution in [1.29, 1.82) is 0 Å². The first-order chi connectivity index (χ1) is 8.88. The molecule has 1 aliphatic carbocycles. The fourth-order valence-electron chi connectivity index (χ4n) is 2.54. The average Bonchev–Trinajstić information content (AvgIpc) is 3.22. The molecule has 1 aliphatic heterocycles. The third-order valence-corrected chi connectivity index (χ3v) is 3.93. The third kappa shape index (κ3) is 7.34. The summed E-state index contributed by atoms with van der Waals surface area (Å²) < 4.78 is 0. The highest BCUT2D eigenvalue weighted by Gasteiger charge is 2.20. The van der Waals surface area contributed by atoms with Gasteiger partial charge in [-0.2, -0.15) is 0 Å². The van der Waals surface area contributed by atoms with Crippen LogP contribution in [0.5, 0.6) is 0 Å². The standard InChI is InChI=1S/C14H28N4.HI/c1-15-14(16-8-7-13-5-6-13)17-9-12-18-10-3-2-4-11-18;/h13H,2-12H2,1H3,(H2,15,16,17);1H. The van der Waals surface area contributed by atoms with Gasteiger partial charge >= 0.3 is 0 Å². The highest BCUT2D eigenvalue weighted by Crippen LogP contribution is 2.31. The topological polar surface area (TPSA) is 39.7 Å². The third-order valence-electron chi connectivity index (χ3n) is 3.93. The molecule has 1 heterocycles. The second-order valence-electron chi connectivity index (χ2n) is 5.56. The fourth-order valence-corrected chi connectivity index (χ4v) is 2.54. The summed E-state index contributed by atoms with van der Waals surface area (Å²) in [7, 11) is 1.85. The zero-order valence-electron chi connectivity index (χ0n) is 12.2. The van der Waals surface area contributed by atoms with Crippen LogP contribution in [-0.4, -0.2) is 50.6 Å². The zero-order valence-corrected chi connectivity index (χ0v) is 14.5. The molecule has 0 aromatic carbocycles. The summed E-state index contributed by atoms with van der Waals surface area (Å²) in [5, 5.41) is 6.81.